The monoisotopic (exact) mass is 400 g/mol. The van der Waals surface area contributed by atoms with E-state index in [9.17, 15) is 27.2 Å². The molecule has 0 radical (unpaired) electrons. The van der Waals surface area contributed by atoms with Gasteiger partial charge in [0.2, 0.25) is 5.91 Å². The van der Waals surface area contributed by atoms with E-state index in [1.165, 1.54) is 17.2 Å². The number of anilines is 2. The minimum Gasteiger partial charge on any atom is -0.394 e. The molecule has 2 aromatic heterocycles. The van der Waals surface area contributed by atoms with Gasteiger partial charge in [0.05, 0.1) is 11.9 Å². The number of carbonyl (C=O) groups is 1. The van der Waals surface area contributed by atoms with Crippen molar-refractivity contribution in [1.29, 1.82) is 0 Å². The van der Waals surface area contributed by atoms with Crippen LogP contribution in [0.2, 0.25) is 0 Å². The van der Waals surface area contributed by atoms with Crippen LogP contribution in [0.15, 0.2) is 23.3 Å². The van der Waals surface area contributed by atoms with E-state index in [1.54, 1.807) is 0 Å². The minimum atomic E-state index is -4.55. The Bertz CT molecular complexity index is 945. The lowest BCUT2D eigenvalue weighted by atomic mass is 10.2. The fourth-order valence-corrected chi connectivity index (χ4v) is 2.93. The molecule has 0 bridgehead atoms. The quantitative estimate of drug-likeness (QED) is 0.664. The van der Waals surface area contributed by atoms with Crippen LogP contribution in [0.1, 0.15) is 12.8 Å². The molecule has 1 fully saturated rings. The average molecular weight is 400 g/mol. The summed E-state index contributed by atoms with van der Waals surface area (Å²) in [5.74, 6) is -1.85. The molecule has 1 aliphatic rings. The van der Waals surface area contributed by atoms with Crippen LogP contribution in [-0.4, -0.2) is 46.2 Å². The molecule has 0 aliphatic carbocycles. The normalized spacial score (nSPS) is 17.0. The van der Waals surface area contributed by atoms with E-state index in [1.807, 2.05) is 5.32 Å². The van der Waals surface area contributed by atoms with Crippen LogP contribution in [0.3, 0.4) is 0 Å². The molecule has 1 aliphatic heterocycles. The predicted octanol–water partition coefficient (Wildman–Crippen LogP) is 1.20. The third kappa shape index (κ3) is 4.21. The van der Waals surface area contributed by atoms with Crippen molar-refractivity contribution in [2.75, 3.05) is 23.7 Å². The number of nitrogens with one attached hydrogen (secondary N) is 2. The Morgan fingerprint density at radius 3 is 2.86 bits per heavy atom. The second kappa shape index (κ2) is 7.44. The maximum atomic E-state index is 14.3. The number of halogens is 4. The summed E-state index contributed by atoms with van der Waals surface area (Å²) < 4.78 is 51.4. The first-order valence-electron chi connectivity index (χ1n) is 8.28. The van der Waals surface area contributed by atoms with Crippen LogP contribution in [0, 0.1) is 5.82 Å². The average Bonchev–Trinajstić information content (AvgIpc) is 3.11. The van der Waals surface area contributed by atoms with Gasteiger partial charge in [-0.1, -0.05) is 0 Å². The first-order chi connectivity index (χ1) is 13.2. The van der Waals surface area contributed by atoms with Crippen molar-refractivity contribution >= 4 is 17.4 Å². The fourth-order valence-electron chi connectivity index (χ4n) is 2.93. The number of nitrogens with two attached hydrogens (primary N) is 1. The summed E-state index contributed by atoms with van der Waals surface area (Å²) in [6, 6.07) is 0.327. The highest BCUT2D eigenvalue weighted by molar-refractivity contribution is 5.85. The van der Waals surface area contributed by atoms with Gasteiger partial charge in [-0.3, -0.25) is 9.59 Å². The van der Waals surface area contributed by atoms with Gasteiger partial charge in [-0.05, 0) is 18.9 Å². The van der Waals surface area contributed by atoms with E-state index in [0.29, 0.717) is 12.0 Å². The highest BCUT2D eigenvalue weighted by Crippen LogP contribution is 2.28. The Hall–Kier alpha value is -3.18. The number of H-pyrrole nitrogens is 1. The number of hydrogen-bond donors (Lipinski definition) is 3. The molecule has 12 heteroatoms. The number of nitrogens with zero attached hydrogens (tertiary/aromatic N) is 3. The lowest BCUT2D eigenvalue weighted by molar-refractivity contribution is -0.139. The second-order valence-electron chi connectivity index (χ2n) is 6.22. The fraction of sp³-hybridized carbons (Fsp3) is 0.375. The van der Waals surface area contributed by atoms with Gasteiger partial charge < -0.3 is 20.9 Å². The number of alkyl halides is 3. The SMILES string of the molecule is Nc1cc(-c2ncc(F)c(N3CCC[C@@H]3C(=O)NCC(F)(F)F)n2)c[nH]c1=O. The second-order valence-corrected chi connectivity index (χ2v) is 6.22. The number of hydrogen-bond acceptors (Lipinski definition) is 6. The Balaban J connectivity index is 1.88. The zero-order valence-electron chi connectivity index (χ0n) is 14.4. The van der Waals surface area contributed by atoms with Crippen LogP contribution >= 0.6 is 0 Å². The summed E-state index contributed by atoms with van der Waals surface area (Å²) in [6.07, 6.45) is -1.62. The maximum absolute atomic E-state index is 14.3. The predicted molar refractivity (Wildman–Crippen MR) is 91.9 cm³/mol. The number of rotatable bonds is 4. The molecule has 0 spiro atoms. The molecule has 2 aromatic rings. The third-order valence-corrected chi connectivity index (χ3v) is 4.21. The van der Waals surface area contributed by atoms with E-state index >= 15 is 0 Å². The van der Waals surface area contributed by atoms with Crippen LogP contribution in [-0.2, 0) is 4.79 Å². The van der Waals surface area contributed by atoms with E-state index in [2.05, 4.69) is 15.0 Å². The van der Waals surface area contributed by atoms with Gasteiger partial charge in [-0.25, -0.2) is 14.4 Å². The minimum absolute atomic E-state index is 0.0423. The number of carbonyl (C=O) groups excluding carboxylic acids is 1. The molecule has 8 nitrogen and oxygen atoms in total. The summed E-state index contributed by atoms with van der Waals surface area (Å²) in [5.41, 5.74) is 5.27. The van der Waals surface area contributed by atoms with Crippen molar-refractivity contribution in [3.05, 3.63) is 34.6 Å². The molecule has 1 amide bonds. The Morgan fingerprint density at radius 2 is 2.18 bits per heavy atom. The van der Waals surface area contributed by atoms with Crippen LogP contribution in [0.5, 0.6) is 0 Å². The lowest BCUT2D eigenvalue weighted by Gasteiger charge is -2.25. The summed E-state index contributed by atoms with van der Waals surface area (Å²) in [7, 11) is 0. The van der Waals surface area contributed by atoms with Crippen LogP contribution in [0.4, 0.5) is 29.1 Å². The zero-order valence-corrected chi connectivity index (χ0v) is 14.4. The standard InChI is InChI=1S/C16H16F4N6O2/c17-9-6-22-12(8-4-10(21)14(27)23-5-8)25-13(9)26-3-1-2-11(26)15(28)24-7-16(18,19)20/h4-6,11H,1-3,7,21H2,(H,23,27)(H,24,28)/t11-/m1/s1. The van der Waals surface area contributed by atoms with Crippen molar-refractivity contribution in [1.82, 2.24) is 20.3 Å². The summed E-state index contributed by atoms with van der Waals surface area (Å²) in [6.45, 7) is -1.23. The Kier molecular flexibility index (Phi) is 5.21. The molecule has 3 heterocycles. The summed E-state index contributed by atoms with van der Waals surface area (Å²) >= 11 is 0. The van der Waals surface area contributed by atoms with E-state index in [-0.39, 0.29) is 30.3 Å². The van der Waals surface area contributed by atoms with Gasteiger partial charge in [0.15, 0.2) is 17.5 Å². The molecule has 0 saturated carbocycles. The Morgan fingerprint density at radius 1 is 1.43 bits per heavy atom. The van der Waals surface area contributed by atoms with Gasteiger partial charge in [0.25, 0.3) is 5.56 Å². The first kappa shape index (κ1) is 19.6. The molecule has 1 saturated heterocycles. The van der Waals surface area contributed by atoms with E-state index < -0.39 is 36.0 Å². The number of amides is 1. The van der Waals surface area contributed by atoms with Gasteiger partial charge in [-0.2, -0.15) is 13.2 Å². The molecule has 0 aromatic carbocycles. The lowest BCUT2D eigenvalue weighted by Crippen LogP contribution is -2.46. The van der Waals surface area contributed by atoms with Crippen molar-refractivity contribution < 1.29 is 22.4 Å². The number of aromatic amines is 1. The van der Waals surface area contributed by atoms with Crippen molar-refractivity contribution in [3.8, 4) is 11.4 Å². The van der Waals surface area contributed by atoms with Crippen LogP contribution in [0.25, 0.3) is 11.4 Å². The Labute approximate surface area is 155 Å². The summed E-state index contributed by atoms with van der Waals surface area (Å²) in [4.78, 5) is 35.2. The highest BCUT2D eigenvalue weighted by Gasteiger charge is 2.36. The molecule has 4 N–H and O–H groups in total. The smallest absolute Gasteiger partial charge is 0.394 e. The molecule has 3 rings (SSSR count). The maximum Gasteiger partial charge on any atom is 0.405 e. The molecule has 0 unspecified atom stereocenters. The van der Waals surface area contributed by atoms with Gasteiger partial charge in [0.1, 0.15) is 12.6 Å². The first-order valence-corrected chi connectivity index (χ1v) is 8.28. The molecular formula is C16H16F4N6O2. The molecule has 1 atom stereocenters. The molecule has 28 heavy (non-hydrogen) atoms. The molecule has 150 valence electrons. The van der Waals surface area contributed by atoms with Gasteiger partial charge >= 0.3 is 6.18 Å². The van der Waals surface area contributed by atoms with Gasteiger partial charge in [0, 0.05) is 18.3 Å². The third-order valence-electron chi connectivity index (χ3n) is 4.21. The highest BCUT2D eigenvalue weighted by atomic mass is 19.4. The number of aromatic nitrogens is 3. The van der Waals surface area contributed by atoms with E-state index in [4.69, 9.17) is 5.73 Å². The number of nitrogen functional groups attached to an aromatic ring is 1. The summed E-state index contributed by atoms with van der Waals surface area (Å²) in [5, 5.41) is 1.82. The van der Waals surface area contributed by atoms with Gasteiger partial charge in [-0.15, -0.1) is 0 Å². The van der Waals surface area contributed by atoms with E-state index in [0.717, 1.165) is 6.20 Å². The topological polar surface area (TPSA) is 117 Å². The number of pyridine rings is 1. The molecular weight excluding hydrogens is 384 g/mol. The van der Waals surface area contributed by atoms with Crippen molar-refractivity contribution in [2.45, 2.75) is 25.1 Å². The van der Waals surface area contributed by atoms with Crippen molar-refractivity contribution in [3.63, 3.8) is 0 Å². The van der Waals surface area contributed by atoms with Crippen molar-refractivity contribution in [2.24, 2.45) is 0 Å². The van der Waals surface area contributed by atoms with Crippen LogP contribution < -0.4 is 21.5 Å². The zero-order chi connectivity index (χ0) is 20.5. The largest absolute Gasteiger partial charge is 0.405 e.